The van der Waals surface area contributed by atoms with Crippen LogP contribution in [0.5, 0.6) is 0 Å². The number of aromatic nitrogens is 6. The van der Waals surface area contributed by atoms with Crippen LogP contribution in [0.2, 0.25) is 0 Å². The first-order valence-corrected chi connectivity index (χ1v) is 8.64. The van der Waals surface area contributed by atoms with E-state index in [1.165, 1.54) is 0 Å². The molecule has 3 aromatic heterocycles. The fraction of sp³-hybridized carbons (Fsp3) is 0.375. The first-order valence-electron chi connectivity index (χ1n) is 7.85. The molecule has 8 nitrogen and oxygen atoms in total. The van der Waals surface area contributed by atoms with Crippen molar-refractivity contribution < 1.29 is 4.79 Å². The number of carbonyl (C=O) groups excluding carboxylic acids is 1. The predicted molar refractivity (Wildman–Crippen MR) is 96.1 cm³/mol. The number of aryl methyl sites for hydroxylation is 2. The molecule has 0 aliphatic heterocycles. The van der Waals surface area contributed by atoms with E-state index in [1.807, 2.05) is 32.5 Å². The van der Waals surface area contributed by atoms with Crippen LogP contribution in [-0.4, -0.2) is 35.2 Å². The van der Waals surface area contributed by atoms with E-state index in [-0.39, 0.29) is 5.91 Å². The maximum atomic E-state index is 12.3. The monoisotopic (exact) mass is 405 g/mol. The molecule has 1 amide bonds. The molecule has 0 atom stereocenters. The van der Waals surface area contributed by atoms with Gasteiger partial charge in [0.2, 0.25) is 0 Å². The largest absolute Gasteiger partial charge is 0.346 e. The van der Waals surface area contributed by atoms with Crippen molar-refractivity contribution in [2.75, 3.05) is 0 Å². The van der Waals surface area contributed by atoms with Gasteiger partial charge in [-0.25, -0.2) is 4.68 Å². The van der Waals surface area contributed by atoms with E-state index in [1.54, 1.807) is 27.8 Å². The van der Waals surface area contributed by atoms with E-state index in [9.17, 15) is 4.79 Å². The second-order valence-corrected chi connectivity index (χ2v) is 6.72. The van der Waals surface area contributed by atoms with E-state index in [0.29, 0.717) is 18.9 Å². The third-order valence-electron chi connectivity index (χ3n) is 4.22. The summed E-state index contributed by atoms with van der Waals surface area (Å²) in [5, 5.41) is 15.8. The van der Waals surface area contributed by atoms with Crippen molar-refractivity contribution in [2.45, 2.75) is 34.0 Å². The Hall–Kier alpha value is -2.42. The highest BCUT2D eigenvalue weighted by atomic mass is 79.9. The highest BCUT2D eigenvalue weighted by Gasteiger charge is 2.13. The van der Waals surface area contributed by atoms with Crippen LogP contribution < -0.4 is 5.32 Å². The normalized spacial score (nSPS) is 11.1. The molecule has 0 saturated carbocycles. The van der Waals surface area contributed by atoms with Crippen molar-refractivity contribution >= 4 is 21.8 Å². The molecule has 3 aromatic rings. The fourth-order valence-electron chi connectivity index (χ4n) is 2.50. The summed E-state index contributed by atoms with van der Waals surface area (Å²) in [5.41, 5.74) is 4.34. The molecular formula is C16H20BrN7O. The number of carbonyl (C=O) groups is 1. The SMILES string of the molecule is Cc1nn(Cn2ccc(C(=O)NCc3cnn(C)c3C)n2)c(C)c1Br. The van der Waals surface area contributed by atoms with E-state index >= 15 is 0 Å². The van der Waals surface area contributed by atoms with Crippen molar-refractivity contribution in [2.24, 2.45) is 7.05 Å². The Morgan fingerprint density at radius 3 is 2.60 bits per heavy atom. The minimum atomic E-state index is -0.212. The Bertz CT molecular complexity index is 921. The summed E-state index contributed by atoms with van der Waals surface area (Å²) >= 11 is 3.51. The second kappa shape index (κ2) is 6.83. The van der Waals surface area contributed by atoms with Gasteiger partial charge in [-0.2, -0.15) is 15.3 Å². The lowest BCUT2D eigenvalue weighted by Gasteiger charge is -2.05. The molecular weight excluding hydrogens is 386 g/mol. The summed E-state index contributed by atoms with van der Waals surface area (Å²) < 4.78 is 6.30. The van der Waals surface area contributed by atoms with E-state index in [2.05, 4.69) is 36.5 Å². The maximum Gasteiger partial charge on any atom is 0.272 e. The minimum Gasteiger partial charge on any atom is -0.346 e. The lowest BCUT2D eigenvalue weighted by molar-refractivity contribution is 0.0945. The quantitative estimate of drug-likeness (QED) is 0.702. The molecule has 0 aliphatic rings. The Morgan fingerprint density at radius 2 is 2.00 bits per heavy atom. The number of hydrogen-bond donors (Lipinski definition) is 1. The van der Waals surface area contributed by atoms with Crippen LogP contribution in [0.15, 0.2) is 22.9 Å². The summed E-state index contributed by atoms with van der Waals surface area (Å²) in [5.74, 6) is -0.212. The van der Waals surface area contributed by atoms with Crippen molar-refractivity contribution in [3.05, 3.63) is 51.3 Å². The van der Waals surface area contributed by atoms with Crippen molar-refractivity contribution in [3.63, 3.8) is 0 Å². The predicted octanol–water partition coefficient (Wildman–Crippen LogP) is 1.94. The van der Waals surface area contributed by atoms with Gasteiger partial charge in [-0.15, -0.1) is 0 Å². The standard InChI is InChI=1S/C16H20BrN7O/c1-10-15(17)12(3)24(20-10)9-23-6-5-14(21-23)16(25)18-7-13-8-19-22(4)11(13)2/h5-6,8H,7,9H2,1-4H3,(H,18,25). The third kappa shape index (κ3) is 3.51. The van der Waals surface area contributed by atoms with E-state index < -0.39 is 0 Å². The fourth-order valence-corrected chi connectivity index (χ4v) is 2.78. The summed E-state index contributed by atoms with van der Waals surface area (Å²) in [6, 6.07) is 1.70. The van der Waals surface area contributed by atoms with Gasteiger partial charge in [0, 0.05) is 31.0 Å². The average molecular weight is 406 g/mol. The van der Waals surface area contributed by atoms with Gasteiger partial charge in [-0.1, -0.05) is 0 Å². The topological polar surface area (TPSA) is 82.6 Å². The Labute approximate surface area is 154 Å². The van der Waals surface area contributed by atoms with Gasteiger partial charge in [0.15, 0.2) is 0 Å². The molecule has 9 heteroatoms. The van der Waals surface area contributed by atoms with Gasteiger partial charge >= 0.3 is 0 Å². The van der Waals surface area contributed by atoms with Gasteiger partial charge in [-0.05, 0) is 42.8 Å². The first-order chi connectivity index (χ1) is 11.9. The molecule has 0 bridgehead atoms. The van der Waals surface area contributed by atoms with E-state index in [0.717, 1.165) is 27.1 Å². The van der Waals surface area contributed by atoms with Gasteiger partial charge in [0.25, 0.3) is 5.91 Å². The molecule has 0 spiro atoms. The molecule has 1 N–H and O–H groups in total. The molecule has 25 heavy (non-hydrogen) atoms. The van der Waals surface area contributed by atoms with Crippen molar-refractivity contribution in [1.29, 1.82) is 0 Å². The van der Waals surface area contributed by atoms with Gasteiger partial charge in [0.05, 0.1) is 22.1 Å². The highest BCUT2D eigenvalue weighted by molar-refractivity contribution is 9.10. The summed E-state index contributed by atoms with van der Waals surface area (Å²) in [6.07, 6.45) is 3.53. The molecule has 3 rings (SSSR count). The smallest absolute Gasteiger partial charge is 0.272 e. The lowest BCUT2D eigenvalue weighted by Crippen LogP contribution is -2.24. The zero-order valence-electron chi connectivity index (χ0n) is 14.6. The molecule has 0 fully saturated rings. The molecule has 0 aromatic carbocycles. The number of amides is 1. The summed E-state index contributed by atoms with van der Waals surface area (Å²) in [7, 11) is 1.87. The van der Waals surface area contributed by atoms with Gasteiger partial charge < -0.3 is 5.32 Å². The Kier molecular flexibility index (Phi) is 4.76. The van der Waals surface area contributed by atoms with Crippen LogP contribution in [0.25, 0.3) is 0 Å². The highest BCUT2D eigenvalue weighted by Crippen LogP contribution is 2.19. The lowest BCUT2D eigenvalue weighted by atomic mass is 10.2. The Balaban J connectivity index is 1.65. The van der Waals surface area contributed by atoms with Crippen molar-refractivity contribution in [1.82, 2.24) is 34.7 Å². The molecule has 0 aliphatic carbocycles. The van der Waals surface area contributed by atoms with Crippen LogP contribution in [0.3, 0.4) is 0 Å². The number of rotatable bonds is 5. The molecule has 0 radical (unpaired) electrons. The third-order valence-corrected chi connectivity index (χ3v) is 5.37. The minimum absolute atomic E-state index is 0.212. The summed E-state index contributed by atoms with van der Waals surface area (Å²) in [4.78, 5) is 12.3. The average Bonchev–Trinajstić information content (AvgIpc) is 3.24. The molecule has 0 saturated heterocycles. The molecule has 0 unspecified atom stereocenters. The first kappa shape index (κ1) is 17.4. The van der Waals surface area contributed by atoms with Crippen molar-refractivity contribution in [3.8, 4) is 0 Å². The molecule has 3 heterocycles. The number of hydrogen-bond acceptors (Lipinski definition) is 4. The number of nitrogens with one attached hydrogen (secondary N) is 1. The zero-order chi connectivity index (χ0) is 18.1. The Morgan fingerprint density at radius 1 is 1.24 bits per heavy atom. The van der Waals surface area contributed by atoms with Crippen LogP contribution in [0, 0.1) is 20.8 Å². The van der Waals surface area contributed by atoms with Crippen LogP contribution >= 0.6 is 15.9 Å². The number of halogens is 1. The summed E-state index contributed by atoms with van der Waals surface area (Å²) in [6.45, 7) is 6.77. The van der Waals surface area contributed by atoms with Crippen LogP contribution in [0.1, 0.15) is 33.1 Å². The maximum absolute atomic E-state index is 12.3. The number of nitrogens with zero attached hydrogens (tertiary/aromatic N) is 6. The molecule has 132 valence electrons. The van der Waals surface area contributed by atoms with Crippen LogP contribution in [-0.2, 0) is 20.3 Å². The van der Waals surface area contributed by atoms with E-state index in [4.69, 9.17) is 0 Å². The zero-order valence-corrected chi connectivity index (χ0v) is 16.2. The van der Waals surface area contributed by atoms with Gasteiger partial charge in [0.1, 0.15) is 12.4 Å². The second-order valence-electron chi connectivity index (χ2n) is 5.93. The van der Waals surface area contributed by atoms with Gasteiger partial charge in [-0.3, -0.25) is 14.2 Å². The van der Waals surface area contributed by atoms with Crippen LogP contribution in [0.4, 0.5) is 0 Å².